The maximum absolute atomic E-state index is 13.7. The molecule has 258 valence electrons. The quantitative estimate of drug-likeness (QED) is 0.134. The number of hydrogen-bond acceptors (Lipinski definition) is 8. The molecule has 1 aliphatic heterocycles. The van der Waals surface area contributed by atoms with Crippen LogP contribution in [0.25, 0.3) is 11.0 Å². The fourth-order valence-electron chi connectivity index (χ4n) is 6.72. The van der Waals surface area contributed by atoms with Crippen LogP contribution in [0.5, 0.6) is 17.2 Å². The molecular formula is C38H44ClN5O5. The highest BCUT2D eigenvalue weighted by Gasteiger charge is 2.25. The van der Waals surface area contributed by atoms with E-state index < -0.39 is 0 Å². The molecule has 0 spiro atoms. The van der Waals surface area contributed by atoms with Crippen LogP contribution in [0.4, 0.5) is 5.95 Å². The molecular weight excluding hydrogens is 642 g/mol. The number of ether oxygens (including phenoxy) is 3. The Morgan fingerprint density at radius 1 is 0.959 bits per heavy atom. The largest absolute Gasteiger partial charge is 0.493 e. The molecule has 0 saturated carbocycles. The van der Waals surface area contributed by atoms with Gasteiger partial charge in [0.2, 0.25) is 11.7 Å². The molecule has 6 rings (SSSR count). The van der Waals surface area contributed by atoms with Gasteiger partial charge in [-0.3, -0.25) is 4.79 Å². The first kappa shape index (κ1) is 34.2. The molecule has 10 nitrogen and oxygen atoms in total. The van der Waals surface area contributed by atoms with Gasteiger partial charge in [0.25, 0.3) is 5.91 Å². The summed E-state index contributed by atoms with van der Waals surface area (Å²) in [6.45, 7) is 5.82. The number of methoxy groups -OCH3 is 3. The number of anilines is 1. The lowest BCUT2D eigenvalue weighted by Crippen LogP contribution is -2.35. The molecule has 2 aromatic heterocycles. The second-order valence-electron chi connectivity index (χ2n) is 12.4. The lowest BCUT2D eigenvalue weighted by Gasteiger charge is -2.28. The number of carbonyl (C=O) groups excluding carboxylic acids is 1. The molecule has 0 radical (unpaired) electrons. The number of imidazole rings is 1. The zero-order chi connectivity index (χ0) is 34.3. The molecule has 11 heteroatoms. The normalized spacial score (nSPS) is 14.4. The summed E-state index contributed by atoms with van der Waals surface area (Å²) >= 11 is 6.46. The van der Waals surface area contributed by atoms with Crippen LogP contribution in [0.2, 0.25) is 5.02 Å². The molecule has 0 bridgehead atoms. The number of nitrogens with zero attached hydrogens (tertiary/aromatic N) is 5. The predicted molar refractivity (Wildman–Crippen MR) is 193 cm³/mol. The molecule has 49 heavy (non-hydrogen) atoms. The number of halogens is 1. The lowest BCUT2D eigenvalue weighted by atomic mass is 9.94. The molecule has 1 aliphatic rings. The Labute approximate surface area is 292 Å². The monoisotopic (exact) mass is 685 g/mol. The van der Waals surface area contributed by atoms with E-state index in [1.54, 1.807) is 50.9 Å². The SMILES string of the molecule is COc1cc(C(=O)N(C)CC(CCN2CCCN(c3nc4ccccc4n3Cc3ccoc3)CC2)c2cccc(Cl)c2)cc(OC)c1OC. The highest BCUT2D eigenvalue weighted by atomic mass is 35.5. The van der Waals surface area contributed by atoms with Gasteiger partial charge in [0.1, 0.15) is 0 Å². The van der Waals surface area contributed by atoms with Crippen molar-refractivity contribution in [3.63, 3.8) is 0 Å². The summed E-state index contributed by atoms with van der Waals surface area (Å²) in [6.07, 6.45) is 5.41. The Kier molecular flexibility index (Phi) is 11.0. The number of hydrogen-bond donors (Lipinski definition) is 0. The number of benzene rings is 3. The predicted octanol–water partition coefficient (Wildman–Crippen LogP) is 6.82. The summed E-state index contributed by atoms with van der Waals surface area (Å²) < 4.78 is 24.1. The van der Waals surface area contributed by atoms with Gasteiger partial charge in [0, 0.05) is 55.3 Å². The highest BCUT2D eigenvalue weighted by molar-refractivity contribution is 6.30. The van der Waals surface area contributed by atoms with E-state index in [4.69, 9.17) is 35.2 Å². The minimum atomic E-state index is -0.130. The maximum Gasteiger partial charge on any atom is 0.253 e. The molecule has 0 N–H and O–H groups in total. The van der Waals surface area contributed by atoms with Crippen LogP contribution < -0.4 is 19.1 Å². The number of likely N-dealkylation sites (N-methyl/N-ethyl adjacent to an activating group) is 1. The third-order valence-electron chi connectivity index (χ3n) is 9.29. The van der Waals surface area contributed by atoms with Gasteiger partial charge in [0.05, 0.1) is 51.4 Å². The minimum absolute atomic E-state index is 0.0770. The Bertz CT molecular complexity index is 1830. The molecule has 1 fully saturated rings. The summed E-state index contributed by atoms with van der Waals surface area (Å²) in [5.74, 6) is 2.28. The molecule has 1 atom stereocenters. The van der Waals surface area contributed by atoms with Crippen LogP contribution in [0.15, 0.2) is 83.7 Å². The van der Waals surface area contributed by atoms with E-state index in [1.807, 2.05) is 37.4 Å². The molecule has 1 amide bonds. The van der Waals surface area contributed by atoms with E-state index in [9.17, 15) is 4.79 Å². The third kappa shape index (κ3) is 7.81. The van der Waals surface area contributed by atoms with Crippen LogP contribution >= 0.6 is 11.6 Å². The topological polar surface area (TPSA) is 85.4 Å². The molecule has 3 aromatic carbocycles. The first-order valence-corrected chi connectivity index (χ1v) is 17.0. The smallest absolute Gasteiger partial charge is 0.253 e. The first-order chi connectivity index (χ1) is 23.9. The van der Waals surface area contributed by atoms with Gasteiger partial charge in [-0.25, -0.2) is 4.98 Å². The lowest BCUT2D eigenvalue weighted by molar-refractivity contribution is 0.0782. The average Bonchev–Trinajstić information content (AvgIpc) is 3.70. The van der Waals surface area contributed by atoms with Crippen LogP contribution in [-0.2, 0) is 6.54 Å². The van der Waals surface area contributed by atoms with Crippen molar-refractivity contribution in [2.45, 2.75) is 25.3 Å². The first-order valence-electron chi connectivity index (χ1n) is 16.6. The maximum atomic E-state index is 13.7. The number of fused-ring (bicyclic) bond motifs is 1. The Hall–Kier alpha value is -4.67. The second-order valence-corrected chi connectivity index (χ2v) is 12.9. The van der Waals surface area contributed by atoms with Gasteiger partial charge in [-0.05, 0) is 74.0 Å². The van der Waals surface area contributed by atoms with E-state index in [0.717, 1.165) is 73.7 Å². The molecule has 1 saturated heterocycles. The van der Waals surface area contributed by atoms with Gasteiger partial charge >= 0.3 is 0 Å². The number of aromatic nitrogens is 2. The van der Waals surface area contributed by atoms with Gasteiger partial charge < -0.3 is 37.9 Å². The third-order valence-corrected chi connectivity index (χ3v) is 9.53. The van der Waals surface area contributed by atoms with Crippen molar-refractivity contribution in [1.29, 1.82) is 0 Å². The summed E-state index contributed by atoms with van der Waals surface area (Å²) in [5.41, 5.74) is 4.81. The van der Waals surface area contributed by atoms with Crippen LogP contribution in [0.1, 0.15) is 40.2 Å². The van der Waals surface area contributed by atoms with Crippen LogP contribution in [-0.4, -0.2) is 92.9 Å². The number of rotatable bonds is 13. The molecule has 5 aromatic rings. The van der Waals surface area contributed by atoms with Crippen molar-refractivity contribution >= 4 is 34.5 Å². The van der Waals surface area contributed by atoms with Gasteiger partial charge in [-0.2, -0.15) is 0 Å². The van der Waals surface area contributed by atoms with Crippen LogP contribution in [0.3, 0.4) is 0 Å². The van der Waals surface area contributed by atoms with Gasteiger partial charge in [-0.1, -0.05) is 35.9 Å². The Morgan fingerprint density at radius 2 is 1.76 bits per heavy atom. The second kappa shape index (κ2) is 15.7. The van der Waals surface area contributed by atoms with Gasteiger partial charge in [-0.15, -0.1) is 0 Å². The Balaban J connectivity index is 1.15. The number of amides is 1. The van der Waals surface area contributed by atoms with Crippen LogP contribution in [0, 0.1) is 0 Å². The summed E-state index contributed by atoms with van der Waals surface area (Å²) in [6, 6.07) is 21.7. The van der Waals surface area contributed by atoms with E-state index in [1.165, 1.54) is 0 Å². The summed E-state index contributed by atoms with van der Waals surface area (Å²) in [5, 5.41) is 0.685. The Morgan fingerprint density at radius 3 is 2.47 bits per heavy atom. The number of carbonyl (C=O) groups is 1. The van der Waals surface area contributed by atoms with Crippen molar-refractivity contribution in [3.05, 3.63) is 101 Å². The van der Waals surface area contributed by atoms with Crippen molar-refractivity contribution in [2.75, 3.05) is 72.5 Å². The van der Waals surface area contributed by atoms with E-state index >= 15 is 0 Å². The van der Waals surface area contributed by atoms with Crippen molar-refractivity contribution in [3.8, 4) is 17.2 Å². The summed E-state index contributed by atoms with van der Waals surface area (Å²) in [7, 11) is 6.47. The number of para-hydroxylation sites is 2. The van der Waals surface area contributed by atoms with E-state index in [-0.39, 0.29) is 11.8 Å². The van der Waals surface area contributed by atoms with Crippen molar-refractivity contribution in [1.82, 2.24) is 19.4 Å². The average molecular weight is 686 g/mol. The zero-order valence-electron chi connectivity index (χ0n) is 28.6. The fraction of sp³-hybridized carbons (Fsp3) is 0.368. The highest BCUT2D eigenvalue weighted by Crippen LogP contribution is 2.38. The standard InChI is InChI=1S/C38H44ClN5O5/c1-41(37(45)30-22-34(46-2)36(48-4)35(23-30)47-3)25-29(28-9-7-10-31(39)21-28)13-17-42-15-8-16-43(19-18-42)38-40-32-11-5-6-12-33(32)44(38)24-27-14-20-49-26-27/h5-7,9-12,14,20-23,26,29H,8,13,15-19,24-25H2,1-4H3. The molecule has 3 heterocycles. The van der Waals surface area contributed by atoms with E-state index in [2.05, 4.69) is 38.6 Å². The summed E-state index contributed by atoms with van der Waals surface area (Å²) in [4.78, 5) is 25.5. The fourth-order valence-corrected chi connectivity index (χ4v) is 6.92. The molecule has 1 unspecified atom stereocenters. The van der Waals surface area contributed by atoms with Crippen molar-refractivity contribution in [2.24, 2.45) is 0 Å². The zero-order valence-corrected chi connectivity index (χ0v) is 29.4. The molecule has 0 aliphatic carbocycles. The number of furan rings is 1. The minimum Gasteiger partial charge on any atom is -0.493 e. The van der Waals surface area contributed by atoms with Crippen molar-refractivity contribution < 1.29 is 23.4 Å². The van der Waals surface area contributed by atoms with Gasteiger partial charge in [0.15, 0.2) is 11.5 Å². The van der Waals surface area contributed by atoms with E-state index in [0.29, 0.717) is 40.9 Å².